The van der Waals surface area contributed by atoms with Crippen LogP contribution in [0.3, 0.4) is 0 Å². The normalized spacial score (nSPS) is 22.1. The van der Waals surface area contributed by atoms with E-state index in [1.807, 2.05) is 24.7 Å². The Kier molecular flexibility index (Phi) is 4.85. The third kappa shape index (κ3) is 3.98. The molecule has 0 bridgehead atoms. The van der Waals surface area contributed by atoms with Gasteiger partial charge in [0.15, 0.2) is 0 Å². The number of urea groups is 1. The van der Waals surface area contributed by atoms with E-state index in [4.69, 9.17) is 4.74 Å². The van der Waals surface area contributed by atoms with Gasteiger partial charge in [-0.3, -0.25) is 14.5 Å². The molecule has 9 heteroatoms. The van der Waals surface area contributed by atoms with E-state index in [0.717, 1.165) is 11.1 Å². The van der Waals surface area contributed by atoms with Crippen molar-refractivity contribution in [3.05, 3.63) is 60.1 Å². The summed E-state index contributed by atoms with van der Waals surface area (Å²) in [7, 11) is 0. The van der Waals surface area contributed by atoms with Crippen LogP contribution in [0.15, 0.2) is 60.1 Å². The van der Waals surface area contributed by atoms with E-state index in [-0.39, 0.29) is 23.9 Å². The number of carbonyl (C=O) groups is 3. The summed E-state index contributed by atoms with van der Waals surface area (Å²) in [5.41, 5.74) is 2.78. The average molecular weight is 421 g/mol. The summed E-state index contributed by atoms with van der Waals surface area (Å²) in [6.45, 7) is 1.54. The highest BCUT2D eigenvalue weighted by molar-refractivity contribution is 5.92. The van der Waals surface area contributed by atoms with Gasteiger partial charge in [-0.25, -0.2) is 4.79 Å². The van der Waals surface area contributed by atoms with Crippen molar-refractivity contribution in [2.24, 2.45) is 0 Å². The van der Waals surface area contributed by atoms with E-state index >= 15 is 0 Å². The summed E-state index contributed by atoms with van der Waals surface area (Å²) in [4.78, 5) is 39.4. The molecular formula is C22H23N5O4. The highest BCUT2D eigenvalue weighted by atomic mass is 16.5. The van der Waals surface area contributed by atoms with Crippen LogP contribution in [0.1, 0.15) is 12.8 Å². The van der Waals surface area contributed by atoms with Crippen molar-refractivity contribution in [1.82, 2.24) is 20.4 Å². The van der Waals surface area contributed by atoms with Crippen LogP contribution in [0.2, 0.25) is 0 Å². The SMILES string of the molecule is O=C1CC[C@@H](C(=O)N2CC(Oc3ccc(NC(=O)N4C=C5C=CNC=C5C4)cc3)C2)N1. The lowest BCUT2D eigenvalue weighted by atomic mass is 10.1. The van der Waals surface area contributed by atoms with Gasteiger partial charge in [0.05, 0.1) is 19.6 Å². The van der Waals surface area contributed by atoms with Crippen molar-refractivity contribution in [2.45, 2.75) is 25.0 Å². The van der Waals surface area contributed by atoms with Crippen LogP contribution >= 0.6 is 0 Å². The van der Waals surface area contributed by atoms with E-state index < -0.39 is 6.04 Å². The van der Waals surface area contributed by atoms with Crippen molar-refractivity contribution in [2.75, 3.05) is 25.0 Å². The largest absolute Gasteiger partial charge is 0.487 e. The molecule has 0 unspecified atom stereocenters. The molecule has 0 saturated carbocycles. The summed E-state index contributed by atoms with van der Waals surface area (Å²) >= 11 is 0. The van der Waals surface area contributed by atoms with Gasteiger partial charge < -0.3 is 25.6 Å². The van der Waals surface area contributed by atoms with Gasteiger partial charge in [0.2, 0.25) is 11.8 Å². The highest BCUT2D eigenvalue weighted by Gasteiger charge is 2.38. The van der Waals surface area contributed by atoms with Gasteiger partial charge in [0.1, 0.15) is 17.9 Å². The van der Waals surface area contributed by atoms with E-state index in [9.17, 15) is 14.4 Å². The van der Waals surface area contributed by atoms with Crippen molar-refractivity contribution in [3.63, 3.8) is 0 Å². The molecule has 9 nitrogen and oxygen atoms in total. The second-order valence-corrected chi connectivity index (χ2v) is 7.98. The lowest BCUT2D eigenvalue weighted by Gasteiger charge is -2.40. The fraction of sp³-hybridized carbons (Fsp3) is 0.318. The van der Waals surface area contributed by atoms with Gasteiger partial charge in [-0.15, -0.1) is 0 Å². The Morgan fingerprint density at radius 2 is 1.97 bits per heavy atom. The Bertz CT molecular complexity index is 1010. The Labute approximate surface area is 179 Å². The predicted molar refractivity (Wildman–Crippen MR) is 113 cm³/mol. The number of ether oxygens (including phenoxy) is 1. The molecule has 0 radical (unpaired) electrons. The number of anilines is 1. The minimum absolute atomic E-state index is 0.0393. The lowest BCUT2D eigenvalue weighted by Crippen LogP contribution is -2.59. The first-order valence-corrected chi connectivity index (χ1v) is 10.3. The predicted octanol–water partition coefficient (Wildman–Crippen LogP) is 1.29. The Morgan fingerprint density at radius 3 is 2.68 bits per heavy atom. The molecule has 3 N–H and O–H groups in total. The second kappa shape index (κ2) is 7.82. The van der Waals surface area contributed by atoms with Crippen molar-refractivity contribution >= 4 is 23.5 Å². The smallest absolute Gasteiger partial charge is 0.326 e. The number of fused-ring (bicyclic) bond motifs is 1. The van der Waals surface area contributed by atoms with Crippen LogP contribution in [0.4, 0.5) is 10.5 Å². The van der Waals surface area contributed by atoms with E-state index in [1.54, 1.807) is 34.1 Å². The number of allylic oxidation sites excluding steroid dienone is 1. The first-order valence-electron chi connectivity index (χ1n) is 10.3. The topological polar surface area (TPSA) is 103 Å². The summed E-state index contributed by atoms with van der Waals surface area (Å²) < 4.78 is 5.90. The molecule has 2 saturated heterocycles. The lowest BCUT2D eigenvalue weighted by molar-refractivity contribution is -0.142. The molecule has 31 heavy (non-hydrogen) atoms. The zero-order chi connectivity index (χ0) is 21.4. The van der Waals surface area contributed by atoms with E-state index in [2.05, 4.69) is 16.0 Å². The number of dihydropyridines is 1. The molecule has 160 valence electrons. The summed E-state index contributed by atoms with van der Waals surface area (Å²) in [6.07, 6.45) is 8.39. The van der Waals surface area contributed by atoms with Crippen LogP contribution in [0.25, 0.3) is 0 Å². The number of nitrogens with one attached hydrogen (secondary N) is 3. The number of carbonyl (C=O) groups excluding carboxylic acids is 3. The summed E-state index contributed by atoms with van der Waals surface area (Å²) in [5.74, 6) is 0.576. The third-order valence-electron chi connectivity index (χ3n) is 5.75. The van der Waals surface area contributed by atoms with Crippen molar-refractivity contribution in [1.29, 1.82) is 0 Å². The molecule has 1 aromatic rings. The van der Waals surface area contributed by atoms with E-state index in [1.165, 1.54) is 0 Å². The maximum absolute atomic E-state index is 12.5. The molecule has 0 spiro atoms. The summed E-state index contributed by atoms with van der Waals surface area (Å²) in [6, 6.07) is 6.59. The highest BCUT2D eigenvalue weighted by Crippen LogP contribution is 2.25. The molecule has 4 heterocycles. The monoisotopic (exact) mass is 421 g/mol. The minimum Gasteiger partial charge on any atom is -0.487 e. The van der Waals surface area contributed by atoms with Crippen LogP contribution in [0.5, 0.6) is 5.75 Å². The fourth-order valence-corrected chi connectivity index (χ4v) is 3.98. The minimum atomic E-state index is -0.393. The number of benzene rings is 1. The van der Waals surface area contributed by atoms with Crippen LogP contribution in [0, 0.1) is 0 Å². The van der Waals surface area contributed by atoms with Gasteiger partial charge in [0.25, 0.3) is 0 Å². The number of amides is 4. The molecule has 1 aromatic carbocycles. The first kappa shape index (κ1) is 19.2. The zero-order valence-corrected chi connectivity index (χ0v) is 16.8. The summed E-state index contributed by atoms with van der Waals surface area (Å²) in [5, 5.41) is 8.62. The quantitative estimate of drug-likeness (QED) is 0.680. The molecule has 4 aliphatic rings. The standard InChI is InChI=1S/C22H23N5O4/c28-20-6-5-19(25-20)21(29)26-12-18(13-26)31-17-3-1-16(2-4-17)24-22(30)27-10-14-7-8-23-9-15(14)11-27/h1-4,7-10,18-19,23H,5-6,11-13H2,(H,24,30)(H,25,28)/t19-/m0/s1. The number of nitrogens with zero attached hydrogens (tertiary/aromatic N) is 2. The zero-order valence-electron chi connectivity index (χ0n) is 16.8. The van der Waals surface area contributed by atoms with Gasteiger partial charge in [-0.05, 0) is 47.9 Å². The van der Waals surface area contributed by atoms with Crippen LogP contribution in [-0.2, 0) is 9.59 Å². The van der Waals surface area contributed by atoms with Crippen LogP contribution in [-0.4, -0.2) is 59.4 Å². The fourth-order valence-electron chi connectivity index (χ4n) is 3.98. The Morgan fingerprint density at radius 1 is 1.16 bits per heavy atom. The molecular weight excluding hydrogens is 398 g/mol. The van der Waals surface area contributed by atoms with Gasteiger partial charge in [-0.1, -0.05) is 0 Å². The Hall–Kier alpha value is -3.75. The molecule has 1 atom stereocenters. The molecule has 4 aliphatic heterocycles. The molecule has 0 aliphatic carbocycles. The molecule has 0 aromatic heterocycles. The maximum atomic E-state index is 12.5. The number of hydrogen-bond donors (Lipinski definition) is 3. The number of hydrogen-bond acceptors (Lipinski definition) is 5. The second-order valence-electron chi connectivity index (χ2n) is 7.98. The third-order valence-corrected chi connectivity index (χ3v) is 5.75. The van der Waals surface area contributed by atoms with Gasteiger partial charge >= 0.3 is 6.03 Å². The molecule has 4 amide bonds. The van der Waals surface area contributed by atoms with E-state index in [0.29, 0.717) is 43.9 Å². The van der Waals surface area contributed by atoms with Crippen LogP contribution < -0.4 is 20.7 Å². The number of likely N-dealkylation sites (tertiary alicyclic amines) is 1. The first-order chi connectivity index (χ1) is 15.0. The maximum Gasteiger partial charge on any atom is 0.326 e. The van der Waals surface area contributed by atoms with Crippen molar-refractivity contribution < 1.29 is 19.1 Å². The average Bonchev–Trinajstić information content (AvgIpc) is 3.37. The van der Waals surface area contributed by atoms with Gasteiger partial charge in [-0.2, -0.15) is 0 Å². The molecule has 5 rings (SSSR count). The number of rotatable bonds is 4. The van der Waals surface area contributed by atoms with Crippen molar-refractivity contribution in [3.8, 4) is 5.75 Å². The Balaban J connectivity index is 1.09. The van der Waals surface area contributed by atoms with Gasteiger partial charge in [0, 0.05) is 30.7 Å². The molecule has 2 fully saturated rings.